The van der Waals surface area contributed by atoms with Crippen LogP contribution in [0.1, 0.15) is 6.92 Å². The molecule has 0 aromatic carbocycles. The van der Waals surface area contributed by atoms with Crippen LogP contribution in [-0.4, -0.2) is 23.8 Å². The second kappa shape index (κ2) is 3.46. The lowest BCUT2D eigenvalue weighted by molar-refractivity contribution is 0.359. The van der Waals surface area contributed by atoms with E-state index in [0.717, 1.165) is 0 Å². The fourth-order valence-electron chi connectivity index (χ4n) is 1.49. The van der Waals surface area contributed by atoms with Crippen LogP contribution in [0.25, 0.3) is 0 Å². The van der Waals surface area contributed by atoms with Gasteiger partial charge in [0.1, 0.15) is 11.8 Å². The van der Waals surface area contributed by atoms with Gasteiger partial charge in [-0.15, -0.1) is 0 Å². The average molecular weight is 194 g/mol. The van der Waals surface area contributed by atoms with Gasteiger partial charge in [0.25, 0.3) is 5.56 Å². The Bertz CT molecular complexity index is 386. The molecule has 1 aliphatic rings. The molecule has 1 aliphatic heterocycles. The van der Waals surface area contributed by atoms with Crippen LogP contribution in [0.4, 0.5) is 5.69 Å². The summed E-state index contributed by atoms with van der Waals surface area (Å²) in [5.74, 6) is 0. The minimum absolute atomic E-state index is 0.0118. The highest BCUT2D eigenvalue weighted by atomic mass is 16.6. The summed E-state index contributed by atoms with van der Waals surface area (Å²) in [4.78, 5) is 11.7. The van der Waals surface area contributed by atoms with E-state index in [2.05, 4.69) is 5.32 Å². The summed E-state index contributed by atoms with van der Waals surface area (Å²) < 4.78 is 6.95. The molecule has 0 radical (unpaired) electrons. The maximum atomic E-state index is 11.7. The van der Waals surface area contributed by atoms with E-state index in [9.17, 15) is 4.79 Å². The second-order valence-corrected chi connectivity index (χ2v) is 3.51. The lowest BCUT2D eigenvalue weighted by Gasteiger charge is -2.05. The van der Waals surface area contributed by atoms with Gasteiger partial charge in [-0.1, -0.05) is 0 Å². The van der Waals surface area contributed by atoms with Crippen LogP contribution >= 0.6 is 0 Å². The van der Waals surface area contributed by atoms with Gasteiger partial charge in [-0.25, -0.2) is 0 Å². The quantitative estimate of drug-likeness (QED) is 0.720. The lowest BCUT2D eigenvalue weighted by Crippen LogP contribution is -2.24. The topological polar surface area (TPSA) is 46.6 Å². The summed E-state index contributed by atoms with van der Waals surface area (Å²) in [5.41, 5.74) is 0.638. The molecule has 0 amide bonds. The number of anilines is 1. The summed E-state index contributed by atoms with van der Waals surface area (Å²) in [6.07, 6.45) is 2.29. The number of nitrogens with one attached hydrogen (secondary N) is 1. The van der Waals surface area contributed by atoms with Crippen molar-refractivity contribution in [3.63, 3.8) is 0 Å². The Morgan fingerprint density at radius 2 is 2.36 bits per heavy atom. The van der Waals surface area contributed by atoms with Gasteiger partial charge in [0.2, 0.25) is 0 Å². The van der Waals surface area contributed by atoms with Gasteiger partial charge in [-0.2, -0.15) is 0 Å². The molecular weight excluding hydrogens is 180 g/mol. The molecule has 2 rings (SSSR count). The molecule has 1 aromatic heterocycles. The lowest BCUT2D eigenvalue weighted by atomic mass is 10.3. The summed E-state index contributed by atoms with van der Waals surface area (Å²) in [6, 6.07) is 3.64. The molecule has 0 aliphatic carbocycles. The third kappa shape index (κ3) is 1.65. The Morgan fingerprint density at radius 1 is 1.64 bits per heavy atom. The van der Waals surface area contributed by atoms with Crippen LogP contribution in [0.5, 0.6) is 0 Å². The van der Waals surface area contributed by atoms with Crippen LogP contribution in [0.2, 0.25) is 0 Å². The van der Waals surface area contributed by atoms with Crippen molar-refractivity contribution in [2.45, 2.75) is 25.7 Å². The molecule has 1 fully saturated rings. The number of epoxide rings is 1. The number of pyridine rings is 1. The van der Waals surface area contributed by atoms with Gasteiger partial charge in [0.15, 0.2) is 0 Å². The van der Waals surface area contributed by atoms with E-state index in [4.69, 9.17) is 4.74 Å². The largest absolute Gasteiger partial charge is 0.384 e. The van der Waals surface area contributed by atoms with Crippen LogP contribution in [-0.2, 0) is 11.3 Å². The van der Waals surface area contributed by atoms with Crippen molar-refractivity contribution in [1.29, 1.82) is 0 Å². The van der Waals surface area contributed by atoms with E-state index >= 15 is 0 Å². The maximum Gasteiger partial charge on any atom is 0.273 e. The van der Waals surface area contributed by atoms with E-state index < -0.39 is 0 Å². The summed E-state index contributed by atoms with van der Waals surface area (Å²) >= 11 is 0. The Hall–Kier alpha value is -1.29. The molecule has 1 N–H and O–H groups in total. The number of hydrogen-bond donors (Lipinski definition) is 1. The number of aromatic nitrogens is 1. The minimum Gasteiger partial charge on any atom is -0.384 e. The molecule has 1 aromatic rings. The number of hydrogen-bond acceptors (Lipinski definition) is 3. The van der Waals surface area contributed by atoms with E-state index in [-0.39, 0.29) is 11.7 Å². The average Bonchev–Trinajstić information content (AvgIpc) is 2.86. The molecular formula is C10H14N2O2. The molecule has 76 valence electrons. The van der Waals surface area contributed by atoms with Gasteiger partial charge < -0.3 is 14.6 Å². The van der Waals surface area contributed by atoms with Crippen molar-refractivity contribution >= 4 is 5.69 Å². The predicted molar refractivity (Wildman–Crippen MR) is 54.6 cm³/mol. The second-order valence-electron chi connectivity index (χ2n) is 3.51. The molecule has 0 bridgehead atoms. The third-order valence-corrected chi connectivity index (χ3v) is 2.50. The number of rotatable bonds is 3. The molecule has 0 spiro atoms. The fourth-order valence-corrected chi connectivity index (χ4v) is 1.49. The molecule has 4 nitrogen and oxygen atoms in total. The zero-order valence-electron chi connectivity index (χ0n) is 8.36. The van der Waals surface area contributed by atoms with Crippen molar-refractivity contribution in [2.75, 3.05) is 12.4 Å². The van der Waals surface area contributed by atoms with Gasteiger partial charge in [-0.3, -0.25) is 4.79 Å². The summed E-state index contributed by atoms with van der Waals surface area (Å²) in [6.45, 7) is 2.66. The first-order valence-electron chi connectivity index (χ1n) is 4.75. The highest BCUT2D eigenvalue weighted by Crippen LogP contribution is 2.22. The first-order chi connectivity index (χ1) is 6.72. The van der Waals surface area contributed by atoms with Crippen molar-refractivity contribution in [2.24, 2.45) is 0 Å². The third-order valence-electron chi connectivity index (χ3n) is 2.50. The van der Waals surface area contributed by atoms with Gasteiger partial charge in [-0.05, 0) is 19.1 Å². The molecule has 2 heterocycles. The molecule has 0 saturated carbocycles. The first-order valence-corrected chi connectivity index (χ1v) is 4.75. The first kappa shape index (κ1) is 9.27. The van der Waals surface area contributed by atoms with Crippen LogP contribution in [0.15, 0.2) is 23.1 Å². The van der Waals surface area contributed by atoms with Crippen LogP contribution in [0, 0.1) is 0 Å². The Morgan fingerprint density at radius 3 is 2.93 bits per heavy atom. The van der Waals surface area contributed by atoms with Crippen LogP contribution < -0.4 is 10.9 Å². The Balaban J connectivity index is 2.21. The van der Waals surface area contributed by atoms with E-state index in [1.54, 1.807) is 23.9 Å². The van der Waals surface area contributed by atoms with Crippen LogP contribution in [0.3, 0.4) is 0 Å². The summed E-state index contributed by atoms with van der Waals surface area (Å²) in [7, 11) is 1.75. The normalized spacial score (nSPS) is 24.7. The smallest absolute Gasteiger partial charge is 0.273 e. The maximum absolute atomic E-state index is 11.7. The zero-order valence-corrected chi connectivity index (χ0v) is 8.36. The molecule has 2 unspecified atom stereocenters. The number of ether oxygens (including phenoxy) is 1. The van der Waals surface area contributed by atoms with E-state index in [0.29, 0.717) is 18.3 Å². The highest BCUT2D eigenvalue weighted by Gasteiger charge is 2.34. The van der Waals surface area contributed by atoms with Crippen molar-refractivity contribution in [1.82, 2.24) is 4.57 Å². The van der Waals surface area contributed by atoms with E-state index in [1.165, 1.54) is 0 Å². The van der Waals surface area contributed by atoms with Gasteiger partial charge in [0, 0.05) is 13.2 Å². The molecule has 4 heteroatoms. The predicted octanol–water partition coefficient (Wildman–Crippen LogP) is 0.677. The SMILES string of the molecule is CNc1cccn(CC2OC2C)c1=O. The fraction of sp³-hybridized carbons (Fsp3) is 0.500. The summed E-state index contributed by atoms with van der Waals surface area (Å²) in [5, 5.41) is 2.87. The monoisotopic (exact) mass is 194 g/mol. The molecule has 1 saturated heterocycles. The van der Waals surface area contributed by atoms with Gasteiger partial charge in [0.05, 0.1) is 12.6 Å². The van der Waals surface area contributed by atoms with Gasteiger partial charge >= 0.3 is 0 Å². The molecule has 14 heavy (non-hydrogen) atoms. The van der Waals surface area contributed by atoms with E-state index in [1.807, 2.05) is 13.0 Å². The molecule has 2 atom stereocenters. The van der Waals surface area contributed by atoms with Crippen molar-refractivity contribution in [3.05, 3.63) is 28.7 Å². The van der Waals surface area contributed by atoms with Crippen molar-refractivity contribution < 1.29 is 4.74 Å². The number of nitrogens with zero attached hydrogens (tertiary/aromatic N) is 1. The van der Waals surface area contributed by atoms with Crippen molar-refractivity contribution in [3.8, 4) is 0 Å². The highest BCUT2D eigenvalue weighted by molar-refractivity contribution is 5.39. The standard InChI is InChI=1S/C10H14N2O2/c1-7-9(14-7)6-12-5-3-4-8(11-2)10(12)13/h3-5,7,9,11H,6H2,1-2H3. The Labute approximate surface area is 82.5 Å². The minimum atomic E-state index is 0.0118. The Kier molecular flexibility index (Phi) is 2.29. The zero-order chi connectivity index (χ0) is 10.1.